The van der Waals surface area contributed by atoms with Gasteiger partial charge in [0.25, 0.3) is 0 Å². The van der Waals surface area contributed by atoms with Crippen LogP contribution >= 0.6 is 0 Å². The molecular weight excluding hydrogens is 1400 g/mol. The molecule has 0 radical (unpaired) electrons. The van der Waals surface area contributed by atoms with Crippen LogP contribution < -0.4 is 49.2 Å². The molecule has 0 saturated heterocycles. The van der Waals surface area contributed by atoms with Gasteiger partial charge in [-0.1, -0.05) is 325 Å². The van der Waals surface area contributed by atoms with Gasteiger partial charge in [0, 0.05) is 65.8 Å². The molecule has 19 rings (SSSR count). The van der Waals surface area contributed by atoms with Crippen LogP contribution in [0.5, 0.6) is 0 Å². The van der Waals surface area contributed by atoms with Gasteiger partial charge >= 0.3 is 0 Å². The van der Waals surface area contributed by atoms with E-state index in [2.05, 4.69) is 405 Å². The number of aryl methyl sites for hydroxylation is 19. The Balaban J connectivity index is 0.850. The normalized spacial score (nSPS) is 11.9. The van der Waals surface area contributed by atoms with Gasteiger partial charge in [0.1, 0.15) is 0 Å². The fourth-order valence-corrected chi connectivity index (χ4v) is 22.5. The number of hydrogen-bond acceptors (Lipinski definition) is 0. The molecule has 0 unspecified atom stereocenters. The van der Waals surface area contributed by atoms with Crippen LogP contribution in [0.1, 0.15) is 106 Å². The van der Waals surface area contributed by atoms with Crippen LogP contribution in [0.15, 0.2) is 255 Å². The summed E-state index contributed by atoms with van der Waals surface area (Å²) in [6, 6.07) is 98.8. The number of fused-ring (bicyclic) bond motifs is 14. The van der Waals surface area contributed by atoms with E-state index < -0.39 is 0 Å². The van der Waals surface area contributed by atoms with E-state index in [1.165, 1.54) is 242 Å². The monoisotopic (exact) mass is 1500 g/mol. The summed E-state index contributed by atoms with van der Waals surface area (Å²) in [5, 5.41) is 9.93. The van der Waals surface area contributed by atoms with Crippen LogP contribution in [0.3, 0.4) is 0 Å². The Morgan fingerprint density at radius 1 is 0.172 bits per heavy atom. The van der Waals surface area contributed by atoms with Gasteiger partial charge in [-0.25, -0.2) is 0 Å². The van der Waals surface area contributed by atoms with E-state index in [0.29, 0.717) is 0 Å². The smallest absolute Gasteiger partial charge is 0.243 e. The molecule has 0 N–H and O–H groups in total. The molecule has 564 valence electrons. The maximum Gasteiger partial charge on any atom is 0.243 e. The Bertz CT molecular complexity index is 6690. The number of nitrogens with zero attached hydrogens (tertiary/aromatic N) is 4. The Kier molecular flexibility index (Phi) is 17.8. The lowest BCUT2D eigenvalue weighted by Crippen LogP contribution is -2.57. The van der Waals surface area contributed by atoms with Gasteiger partial charge < -0.3 is 18.3 Å². The third kappa shape index (κ3) is 11.6. The fraction of sp³-hybridized carbons (Fsp3) is 0.174. The van der Waals surface area contributed by atoms with Crippen molar-refractivity contribution in [2.75, 3.05) is 0 Å². The lowest BCUT2D eigenvalue weighted by Gasteiger charge is -2.28. The van der Waals surface area contributed by atoms with Crippen molar-refractivity contribution in [3.63, 3.8) is 0 Å². The second kappa shape index (κ2) is 28.0. The molecule has 0 amide bonds. The lowest BCUT2D eigenvalue weighted by molar-refractivity contribution is 1.16. The Morgan fingerprint density at radius 2 is 0.414 bits per heavy atom. The SMILES string of the molecule is Cc1cc(C)c(B(c2ccc3c(c2)c2ccc4c(c5ccccc5n4-c4ccccc4)c2n3-c2cc(C)c(B(c3c(C)cc(C)cc3C)c3c(C)cc(-n4c5ccc(B(c6c(C)cc(C)cc6C)c6c(C)cc(C)cc6C)cc5c5ccc6c(c7ccccc7n6-c6ccccc6)c54)cc3C)c(C)c2)c2c(C)cc(C)cc2C)c(C)c1. The van der Waals surface area contributed by atoms with Crippen LogP contribution in [0.25, 0.3) is 110 Å². The van der Waals surface area contributed by atoms with E-state index in [1.807, 2.05) is 0 Å². The second-order valence-corrected chi connectivity index (χ2v) is 34.7. The van der Waals surface area contributed by atoms with E-state index in [1.54, 1.807) is 0 Å². The highest BCUT2D eigenvalue weighted by molar-refractivity contribution is 6.98. The van der Waals surface area contributed by atoms with Gasteiger partial charge in [0.2, 0.25) is 20.1 Å². The fourth-order valence-electron chi connectivity index (χ4n) is 22.5. The van der Waals surface area contributed by atoms with E-state index in [0.717, 1.165) is 22.7 Å². The van der Waals surface area contributed by atoms with Crippen molar-refractivity contribution >= 4 is 157 Å². The molecule has 0 aliphatic carbocycles. The summed E-state index contributed by atoms with van der Waals surface area (Å²) in [6.07, 6.45) is 0. The molecule has 4 aromatic heterocycles. The third-order valence-corrected chi connectivity index (χ3v) is 26.3. The summed E-state index contributed by atoms with van der Waals surface area (Å²) in [7, 11) is 0. The summed E-state index contributed by atoms with van der Waals surface area (Å²) in [6.45, 7) is 44.0. The van der Waals surface area contributed by atoms with E-state index in [-0.39, 0.29) is 20.1 Å². The minimum absolute atomic E-state index is 0.00701. The number of rotatable bonds is 13. The molecule has 0 aliphatic rings. The highest BCUT2D eigenvalue weighted by atomic mass is 15.0. The first-order chi connectivity index (χ1) is 55.9. The number of benzene rings is 15. The van der Waals surface area contributed by atoms with Crippen molar-refractivity contribution in [2.24, 2.45) is 0 Å². The molecule has 0 atom stereocenters. The molecule has 0 bridgehead atoms. The summed E-state index contributed by atoms with van der Waals surface area (Å²) in [5.74, 6) is 0. The van der Waals surface area contributed by atoms with Crippen LogP contribution in [-0.2, 0) is 0 Å². The molecule has 0 spiro atoms. The van der Waals surface area contributed by atoms with Crippen molar-refractivity contribution in [1.29, 1.82) is 0 Å². The number of hydrogen-bond donors (Lipinski definition) is 0. The van der Waals surface area contributed by atoms with Gasteiger partial charge in [-0.05, 0) is 216 Å². The van der Waals surface area contributed by atoms with Crippen LogP contribution in [0, 0.1) is 132 Å². The second-order valence-electron chi connectivity index (χ2n) is 34.7. The molecule has 4 heterocycles. The Hall–Kier alpha value is -12.3. The van der Waals surface area contributed by atoms with Crippen molar-refractivity contribution in [3.05, 3.63) is 360 Å². The third-order valence-electron chi connectivity index (χ3n) is 26.3. The topological polar surface area (TPSA) is 19.7 Å². The quantitative estimate of drug-likeness (QED) is 0.103. The van der Waals surface area contributed by atoms with Gasteiger partial charge in [0.05, 0.1) is 44.1 Å². The Labute approximate surface area is 685 Å². The molecule has 0 aliphatic heterocycles. The van der Waals surface area contributed by atoms with Crippen molar-refractivity contribution in [1.82, 2.24) is 18.3 Å². The first-order valence-corrected chi connectivity index (χ1v) is 41.6. The highest BCUT2D eigenvalue weighted by Crippen LogP contribution is 2.45. The largest absolute Gasteiger partial charge is 0.309 e. The summed E-state index contributed by atoms with van der Waals surface area (Å²) in [5.41, 5.74) is 51.1. The standard InChI is InChI=1S/C109H99B3N4/c1-62-46-67(6)101(68(7)47-62)110(102-69(8)48-63(2)49-70(102)9)81-38-42-95-91(60-81)87-40-44-97-99(89-34-26-28-36-93(89)113(97)83-30-22-20-23-31-83)108(87)115(95)85-56-77(16)106(78(17)57-85)112(105-75(14)54-66(5)55-76(105)15)107-79(18)58-86(59-80(107)19)116-96-43-39-82(111(103-71(10)50-64(3)51-72(103)11)104-73(12)52-65(4)53-74(104)13)61-92(96)88-41-45-98-100(109(88)116)90-35-27-29-37-94(90)114(98)84-32-24-21-25-33-84/h20-61H,1-19H3. The molecule has 116 heavy (non-hydrogen) atoms. The predicted molar refractivity (Wildman–Crippen MR) is 506 cm³/mol. The molecule has 7 heteroatoms. The average molecular weight is 1500 g/mol. The van der Waals surface area contributed by atoms with E-state index in [4.69, 9.17) is 0 Å². The molecule has 19 aromatic rings. The zero-order valence-electron chi connectivity index (χ0n) is 70.8. The maximum absolute atomic E-state index is 2.64. The van der Waals surface area contributed by atoms with Gasteiger partial charge in [-0.3, -0.25) is 0 Å². The lowest BCUT2D eigenvalue weighted by atomic mass is 9.33. The summed E-state index contributed by atoms with van der Waals surface area (Å²) in [4.78, 5) is 0. The predicted octanol–water partition coefficient (Wildman–Crippen LogP) is 21.5. The molecule has 15 aromatic carbocycles. The van der Waals surface area contributed by atoms with Gasteiger partial charge in [0.15, 0.2) is 0 Å². The van der Waals surface area contributed by atoms with Crippen LogP contribution in [0.4, 0.5) is 0 Å². The molecule has 0 saturated carbocycles. The molecular formula is C109H99B3N4. The van der Waals surface area contributed by atoms with Crippen molar-refractivity contribution in [3.8, 4) is 22.7 Å². The Morgan fingerprint density at radius 3 is 0.707 bits per heavy atom. The van der Waals surface area contributed by atoms with Crippen molar-refractivity contribution < 1.29 is 0 Å². The van der Waals surface area contributed by atoms with Gasteiger partial charge in [-0.15, -0.1) is 0 Å². The average Bonchev–Trinajstić information content (AvgIpc) is 1.54. The van der Waals surface area contributed by atoms with Gasteiger partial charge in [-0.2, -0.15) is 0 Å². The maximum atomic E-state index is 2.64. The molecule has 0 fully saturated rings. The first kappa shape index (κ1) is 73.8. The number of aromatic nitrogens is 4. The summed E-state index contributed by atoms with van der Waals surface area (Å²) >= 11 is 0. The van der Waals surface area contributed by atoms with Crippen molar-refractivity contribution in [2.45, 2.75) is 132 Å². The highest BCUT2D eigenvalue weighted by Gasteiger charge is 2.36. The molecule has 4 nitrogen and oxygen atoms in total. The van der Waals surface area contributed by atoms with E-state index in [9.17, 15) is 0 Å². The minimum Gasteiger partial charge on any atom is -0.309 e. The number of para-hydroxylation sites is 4. The minimum atomic E-state index is -0.107. The van der Waals surface area contributed by atoms with Crippen LogP contribution in [-0.4, -0.2) is 38.4 Å². The zero-order valence-corrected chi connectivity index (χ0v) is 70.8. The zero-order chi connectivity index (χ0) is 80.5. The van der Waals surface area contributed by atoms with E-state index >= 15 is 0 Å². The van der Waals surface area contributed by atoms with Crippen LogP contribution in [0.2, 0.25) is 0 Å². The first-order valence-electron chi connectivity index (χ1n) is 41.6. The summed E-state index contributed by atoms with van der Waals surface area (Å²) < 4.78 is 10.2.